The van der Waals surface area contributed by atoms with Gasteiger partial charge in [-0.15, -0.1) is 0 Å². The minimum absolute atomic E-state index is 0.0627. The number of hydrogen-bond donors (Lipinski definition) is 5. The second-order valence-corrected chi connectivity index (χ2v) is 7.45. The molecule has 0 fully saturated rings. The number of aliphatic carboxylic acids is 1. The number of guanidine groups is 1. The quantitative estimate of drug-likeness (QED) is 0.125. The van der Waals surface area contributed by atoms with Crippen LogP contribution < -0.4 is 11.5 Å². The third kappa shape index (κ3) is 6.42. The maximum Gasteiger partial charge on any atom is 0.318 e. The number of aromatic nitrogens is 1. The number of hydrogen-bond acceptors (Lipinski definition) is 7. The molecule has 10 heteroatoms. The predicted molar refractivity (Wildman–Crippen MR) is 118 cm³/mol. The van der Waals surface area contributed by atoms with Gasteiger partial charge in [-0.05, 0) is 47.5 Å². The van der Waals surface area contributed by atoms with Gasteiger partial charge in [-0.2, -0.15) is 4.99 Å². The first-order chi connectivity index (χ1) is 14.4. The number of fused-ring (bicyclic) bond motifs is 1. The lowest BCUT2D eigenvalue weighted by Crippen LogP contribution is -2.23. The summed E-state index contributed by atoms with van der Waals surface area (Å²) in [5, 5.41) is 23.1. The van der Waals surface area contributed by atoms with E-state index in [9.17, 15) is 9.90 Å². The molecular formula is C20H23N5O4S. The van der Waals surface area contributed by atoms with Crippen molar-refractivity contribution in [2.24, 2.45) is 16.5 Å². The molecular weight excluding hydrogens is 406 g/mol. The number of aliphatic imine (C=N–C) groups is 1. The molecule has 0 aliphatic rings. The Labute approximate surface area is 177 Å². The molecule has 0 radical (unpaired) electrons. The molecule has 0 bridgehead atoms. The average Bonchev–Trinajstić information content (AvgIpc) is 2.72. The number of rotatable bonds is 7. The van der Waals surface area contributed by atoms with Gasteiger partial charge in [0.2, 0.25) is 0 Å². The Kier molecular flexibility index (Phi) is 8.56. The predicted octanol–water partition coefficient (Wildman–Crippen LogP) is 3.06. The Hall–Kier alpha value is -3.18. The van der Waals surface area contributed by atoms with Crippen molar-refractivity contribution in [1.29, 1.82) is 0 Å². The summed E-state index contributed by atoms with van der Waals surface area (Å²) in [5.74, 6) is -0.508. The fraction of sp³-hybridized carbons (Fsp3) is 0.150. The highest BCUT2D eigenvalue weighted by Crippen LogP contribution is 2.32. The van der Waals surface area contributed by atoms with Crippen molar-refractivity contribution in [2.45, 2.75) is 18.4 Å². The van der Waals surface area contributed by atoms with E-state index in [2.05, 4.69) is 9.98 Å². The first-order valence-electron chi connectivity index (χ1n) is 8.80. The van der Waals surface area contributed by atoms with Gasteiger partial charge < -0.3 is 16.6 Å². The van der Waals surface area contributed by atoms with Crippen LogP contribution in [0.25, 0.3) is 10.8 Å². The van der Waals surface area contributed by atoms with Crippen molar-refractivity contribution >= 4 is 40.5 Å². The largest absolute Gasteiger partial charge is 0.480 e. The second kappa shape index (κ2) is 11.1. The molecule has 1 aromatic heterocycles. The lowest BCUT2D eigenvalue weighted by atomic mass is 10.1. The number of aryl methyl sites for hydroxylation is 1. The maximum atomic E-state index is 11.3. The number of pyridine rings is 1. The molecule has 0 unspecified atom stereocenters. The molecule has 0 amide bonds. The Morgan fingerprint density at radius 3 is 2.47 bits per heavy atom. The summed E-state index contributed by atoms with van der Waals surface area (Å²) in [5.41, 5.74) is 13.1. The van der Waals surface area contributed by atoms with Gasteiger partial charge in [0.05, 0.1) is 0 Å². The van der Waals surface area contributed by atoms with E-state index in [4.69, 9.17) is 22.0 Å². The maximum absolute atomic E-state index is 11.3. The van der Waals surface area contributed by atoms with E-state index >= 15 is 0 Å². The first kappa shape index (κ1) is 23.1. The topological polar surface area (TPSA) is 158 Å². The molecule has 9 nitrogen and oxygen atoms in total. The number of nitrogens with two attached hydrogens (primary N) is 2. The van der Waals surface area contributed by atoms with E-state index in [1.165, 1.54) is 11.9 Å². The summed E-state index contributed by atoms with van der Waals surface area (Å²) >= 11 is 1.37. The summed E-state index contributed by atoms with van der Waals surface area (Å²) < 4.78 is 1.79. The molecule has 1 heterocycles. The molecule has 0 atom stereocenters. The lowest BCUT2D eigenvalue weighted by Gasteiger charge is -2.19. The van der Waals surface area contributed by atoms with Gasteiger partial charge in [-0.25, -0.2) is 9.29 Å². The normalized spacial score (nSPS) is 10.4. The smallest absolute Gasteiger partial charge is 0.318 e. The van der Waals surface area contributed by atoms with E-state index in [0.717, 1.165) is 26.8 Å². The lowest BCUT2D eigenvalue weighted by molar-refractivity contribution is -0.176. The second-order valence-electron chi connectivity index (χ2n) is 6.28. The minimum atomic E-state index is -0.886. The standard InChI is InChI=1S/C20H21N5O2S.H2O2/c1-13-10-23-19(24-20(21)22)17-9-15(7-8-16(13)17)28-25(12-18(26)27)11-14-5-3-2-4-6-14;1-2/h2-10H,11-12H2,1H3,(H,26,27)(H4,21,22,23,24);1-2H. The Balaban J connectivity index is 0.00000155. The molecule has 3 aromatic rings. The molecule has 0 aliphatic heterocycles. The van der Waals surface area contributed by atoms with E-state index in [0.29, 0.717) is 12.4 Å². The van der Waals surface area contributed by atoms with Crippen molar-refractivity contribution in [3.63, 3.8) is 0 Å². The molecule has 0 saturated carbocycles. The Bertz CT molecular complexity index is 1030. The third-order valence-electron chi connectivity index (χ3n) is 4.02. The van der Waals surface area contributed by atoms with Crippen LogP contribution in [-0.2, 0) is 11.3 Å². The van der Waals surface area contributed by atoms with Gasteiger partial charge in [0.25, 0.3) is 0 Å². The van der Waals surface area contributed by atoms with Gasteiger partial charge in [-0.3, -0.25) is 15.3 Å². The fourth-order valence-corrected chi connectivity index (χ4v) is 3.81. The van der Waals surface area contributed by atoms with Gasteiger partial charge in [0, 0.05) is 23.0 Å². The van der Waals surface area contributed by atoms with Gasteiger partial charge in [0.1, 0.15) is 6.54 Å². The number of carboxylic acids is 1. The van der Waals surface area contributed by atoms with Crippen LogP contribution in [0.3, 0.4) is 0 Å². The van der Waals surface area contributed by atoms with Crippen molar-refractivity contribution in [3.8, 4) is 0 Å². The highest BCUT2D eigenvalue weighted by Gasteiger charge is 2.14. The van der Waals surface area contributed by atoms with E-state index in [1.807, 2.05) is 55.5 Å². The van der Waals surface area contributed by atoms with Crippen molar-refractivity contribution < 1.29 is 20.4 Å². The molecule has 2 aromatic carbocycles. The highest BCUT2D eigenvalue weighted by atomic mass is 32.2. The van der Waals surface area contributed by atoms with Gasteiger partial charge >= 0.3 is 5.97 Å². The Morgan fingerprint density at radius 1 is 1.13 bits per heavy atom. The highest BCUT2D eigenvalue weighted by molar-refractivity contribution is 7.97. The van der Waals surface area contributed by atoms with Crippen molar-refractivity contribution in [1.82, 2.24) is 9.29 Å². The van der Waals surface area contributed by atoms with E-state index in [-0.39, 0.29) is 12.5 Å². The summed E-state index contributed by atoms with van der Waals surface area (Å²) in [6.45, 7) is 2.38. The van der Waals surface area contributed by atoms with Crippen LogP contribution in [0.5, 0.6) is 0 Å². The average molecular weight is 430 g/mol. The number of benzene rings is 2. The van der Waals surface area contributed by atoms with Crippen LogP contribution in [-0.4, -0.2) is 43.4 Å². The summed E-state index contributed by atoms with van der Waals surface area (Å²) in [6.07, 6.45) is 1.73. The molecule has 30 heavy (non-hydrogen) atoms. The Morgan fingerprint density at radius 2 is 1.83 bits per heavy atom. The zero-order valence-electron chi connectivity index (χ0n) is 16.3. The molecule has 158 valence electrons. The number of nitrogens with zero attached hydrogens (tertiary/aromatic N) is 3. The monoisotopic (exact) mass is 429 g/mol. The zero-order chi connectivity index (χ0) is 22.1. The van der Waals surface area contributed by atoms with Crippen LogP contribution in [0.15, 0.2) is 64.6 Å². The number of carbonyl (C=O) groups is 1. The van der Waals surface area contributed by atoms with Gasteiger partial charge in [0.15, 0.2) is 11.8 Å². The minimum Gasteiger partial charge on any atom is -0.480 e. The van der Waals surface area contributed by atoms with Crippen LogP contribution in [0.1, 0.15) is 11.1 Å². The van der Waals surface area contributed by atoms with Crippen LogP contribution in [0.4, 0.5) is 5.82 Å². The SMILES string of the molecule is Cc1cnc(N=C(N)N)c2cc(SN(CC(=O)O)Cc3ccccc3)ccc12.OO. The zero-order valence-corrected chi connectivity index (χ0v) is 17.1. The van der Waals surface area contributed by atoms with Crippen molar-refractivity contribution in [2.75, 3.05) is 6.54 Å². The summed E-state index contributed by atoms with van der Waals surface area (Å²) in [7, 11) is 0. The first-order valence-corrected chi connectivity index (χ1v) is 9.57. The molecule has 3 rings (SSSR count). The molecule has 0 spiro atoms. The molecule has 7 N–H and O–H groups in total. The van der Waals surface area contributed by atoms with E-state index < -0.39 is 5.97 Å². The van der Waals surface area contributed by atoms with E-state index in [1.54, 1.807) is 10.5 Å². The third-order valence-corrected chi connectivity index (χ3v) is 5.00. The van der Waals surface area contributed by atoms with Crippen LogP contribution in [0.2, 0.25) is 0 Å². The summed E-state index contributed by atoms with van der Waals surface area (Å²) in [6, 6.07) is 15.6. The fourth-order valence-electron chi connectivity index (χ4n) is 2.82. The summed E-state index contributed by atoms with van der Waals surface area (Å²) in [4.78, 5) is 20.6. The van der Waals surface area contributed by atoms with Gasteiger partial charge in [-0.1, -0.05) is 36.4 Å². The molecule has 0 saturated heterocycles. The van der Waals surface area contributed by atoms with Crippen molar-refractivity contribution in [3.05, 3.63) is 65.9 Å². The van der Waals surface area contributed by atoms with Crippen LogP contribution in [0, 0.1) is 6.92 Å². The number of carboxylic acid groups (broad SMARTS) is 1. The van der Waals surface area contributed by atoms with Crippen LogP contribution >= 0.6 is 11.9 Å². The molecule has 0 aliphatic carbocycles.